The topological polar surface area (TPSA) is 46.6 Å². The molecule has 1 aromatic carbocycles. The third kappa shape index (κ3) is 10.9. The van der Waals surface area contributed by atoms with Crippen LogP contribution in [-0.4, -0.2) is 22.9 Å². The van der Waals surface area contributed by atoms with Crippen LogP contribution in [0.4, 0.5) is 4.79 Å². The SMILES string of the molecule is CC/C=C\C/C=C\C/C=C\C/C=C\C/C=C\C/C=C\C[C@H](CC)C(=O)N1C(=O)O[C@@H](c2ccccc2)[C@H]1C. The molecule has 0 unspecified atom stereocenters. The highest BCUT2D eigenvalue weighted by Gasteiger charge is 2.44. The first kappa shape index (κ1) is 30.8. The van der Waals surface area contributed by atoms with Gasteiger partial charge in [-0.15, -0.1) is 0 Å². The van der Waals surface area contributed by atoms with Gasteiger partial charge in [-0.05, 0) is 63.9 Å². The summed E-state index contributed by atoms with van der Waals surface area (Å²) < 4.78 is 5.56. The van der Waals surface area contributed by atoms with Crippen LogP contribution < -0.4 is 0 Å². The van der Waals surface area contributed by atoms with Crippen LogP contribution in [0.5, 0.6) is 0 Å². The van der Waals surface area contributed by atoms with Gasteiger partial charge in [0.15, 0.2) is 0 Å². The van der Waals surface area contributed by atoms with E-state index in [4.69, 9.17) is 4.74 Å². The molecule has 4 nitrogen and oxygen atoms in total. The van der Waals surface area contributed by atoms with Crippen molar-refractivity contribution < 1.29 is 14.3 Å². The lowest BCUT2D eigenvalue weighted by molar-refractivity contribution is -0.133. The van der Waals surface area contributed by atoms with Crippen LogP contribution in [-0.2, 0) is 9.53 Å². The van der Waals surface area contributed by atoms with Gasteiger partial charge < -0.3 is 4.74 Å². The van der Waals surface area contributed by atoms with Gasteiger partial charge in [0.05, 0.1) is 6.04 Å². The Morgan fingerprint density at radius 1 is 0.789 bits per heavy atom. The number of amides is 2. The monoisotopic (exact) mass is 515 g/mol. The largest absolute Gasteiger partial charge is 0.439 e. The molecule has 1 fully saturated rings. The standard InChI is InChI=1S/C34H45NO3/c1-4-6-7-8-9-10-11-12-13-14-15-16-17-18-19-20-21-23-26-30(5-2)33(36)35-29(3)32(38-34(35)37)31-27-24-22-25-28-31/h6-7,9-10,12-13,15-16,18-19,21-25,27-30,32H,4-5,8,11,14,17,20,26H2,1-3H3/b7-6-,10-9-,13-12-,16-15-,19-18-,23-21-/t29-,30+,32-/m1/s1. The highest BCUT2D eigenvalue weighted by Crippen LogP contribution is 2.34. The Balaban J connectivity index is 1.66. The number of cyclic esters (lactones) is 1. The Kier molecular flexibility index (Phi) is 15.2. The average Bonchev–Trinajstić information content (AvgIpc) is 3.23. The summed E-state index contributed by atoms with van der Waals surface area (Å²) in [4.78, 5) is 27.0. The van der Waals surface area contributed by atoms with Crippen LogP contribution in [0, 0.1) is 5.92 Å². The van der Waals surface area contributed by atoms with Crippen molar-refractivity contribution in [1.82, 2.24) is 4.90 Å². The minimum Gasteiger partial charge on any atom is -0.439 e. The van der Waals surface area contributed by atoms with Gasteiger partial charge in [0.2, 0.25) is 5.91 Å². The summed E-state index contributed by atoms with van der Waals surface area (Å²) in [5.74, 6) is -0.382. The van der Waals surface area contributed by atoms with Crippen molar-refractivity contribution in [3.8, 4) is 0 Å². The van der Waals surface area contributed by atoms with Gasteiger partial charge in [-0.1, -0.05) is 117 Å². The maximum Gasteiger partial charge on any atom is 0.417 e. The van der Waals surface area contributed by atoms with Gasteiger partial charge in [-0.25, -0.2) is 9.69 Å². The van der Waals surface area contributed by atoms with Crippen molar-refractivity contribution in [3.63, 3.8) is 0 Å². The van der Waals surface area contributed by atoms with Crippen LogP contribution in [0.25, 0.3) is 0 Å². The molecule has 0 aromatic heterocycles. The minimum atomic E-state index is -0.544. The second-order valence-corrected chi connectivity index (χ2v) is 9.42. The summed E-state index contributed by atoms with van der Waals surface area (Å²) in [5.41, 5.74) is 0.911. The van der Waals surface area contributed by atoms with Gasteiger partial charge in [0, 0.05) is 5.92 Å². The second kappa shape index (κ2) is 18.8. The summed E-state index contributed by atoms with van der Waals surface area (Å²) in [7, 11) is 0. The molecule has 0 saturated carbocycles. The first-order valence-corrected chi connectivity index (χ1v) is 14.1. The average molecular weight is 516 g/mol. The van der Waals surface area contributed by atoms with Crippen molar-refractivity contribution in [2.75, 3.05) is 0 Å². The summed E-state index contributed by atoms with van der Waals surface area (Å²) in [6, 6.07) is 9.28. The molecule has 0 bridgehead atoms. The molecule has 204 valence electrons. The number of nitrogens with zero attached hydrogens (tertiary/aromatic N) is 1. The molecule has 1 saturated heterocycles. The Morgan fingerprint density at radius 2 is 1.26 bits per heavy atom. The Bertz CT molecular complexity index is 1000. The van der Waals surface area contributed by atoms with Crippen LogP contribution in [0.3, 0.4) is 0 Å². The van der Waals surface area contributed by atoms with Crippen LogP contribution in [0.1, 0.15) is 83.8 Å². The lowest BCUT2D eigenvalue weighted by atomic mass is 9.98. The molecule has 1 heterocycles. The Hall–Kier alpha value is -3.40. The van der Waals surface area contributed by atoms with Gasteiger partial charge >= 0.3 is 6.09 Å². The number of benzene rings is 1. The molecule has 2 amide bonds. The number of allylic oxidation sites excluding steroid dienone is 12. The number of imide groups is 1. The Morgan fingerprint density at radius 3 is 1.74 bits per heavy atom. The van der Waals surface area contributed by atoms with Gasteiger partial charge in [-0.3, -0.25) is 4.79 Å². The summed E-state index contributed by atoms with van der Waals surface area (Å²) in [6.45, 7) is 6.02. The summed E-state index contributed by atoms with van der Waals surface area (Å²) >= 11 is 0. The predicted molar refractivity (Wildman–Crippen MR) is 159 cm³/mol. The van der Waals surface area contributed by atoms with Crippen LogP contribution >= 0.6 is 0 Å². The molecule has 1 aromatic rings. The molecular weight excluding hydrogens is 470 g/mol. The van der Waals surface area contributed by atoms with E-state index in [2.05, 4.69) is 73.8 Å². The van der Waals surface area contributed by atoms with E-state index in [1.807, 2.05) is 50.3 Å². The number of carbonyl (C=O) groups excluding carboxylic acids is 2. The van der Waals surface area contributed by atoms with E-state index in [0.29, 0.717) is 12.8 Å². The lowest BCUT2D eigenvalue weighted by Gasteiger charge is -2.23. The maximum atomic E-state index is 13.1. The highest BCUT2D eigenvalue weighted by atomic mass is 16.6. The fourth-order valence-electron chi connectivity index (χ4n) is 4.27. The zero-order valence-corrected chi connectivity index (χ0v) is 23.4. The molecule has 38 heavy (non-hydrogen) atoms. The minimum absolute atomic E-state index is 0.150. The lowest BCUT2D eigenvalue weighted by Crippen LogP contribution is -2.41. The molecule has 2 rings (SSSR count). The third-order valence-corrected chi connectivity index (χ3v) is 6.49. The van der Waals surface area contributed by atoms with Gasteiger partial charge in [0.1, 0.15) is 6.10 Å². The van der Waals surface area contributed by atoms with E-state index >= 15 is 0 Å². The van der Waals surface area contributed by atoms with Crippen LogP contribution in [0.2, 0.25) is 0 Å². The van der Waals surface area contributed by atoms with Crippen molar-refractivity contribution >= 4 is 12.0 Å². The second-order valence-electron chi connectivity index (χ2n) is 9.42. The number of hydrogen-bond acceptors (Lipinski definition) is 3. The number of ether oxygens (including phenoxy) is 1. The van der Waals surface area contributed by atoms with E-state index in [1.54, 1.807) is 0 Å². The maximum absolute atomic E-state index is 13.1. The van der Waals surface area contributed by atoms with E-state index in [1.165, 1.54) is 4.90 Å². The van der Waals surface area contributed by atoms with E-state index in [0.717, 1.165) is 44.1 Å². The van der Waals surface area contributed by atoms with Crippen molar-refractivity contribution in [2.24, 2.45) is 5.92 Å². The van der Waals surface area contributed by atoms with Crippen molar-refractivity contribution in [3.05, 3.63) is 109 Å². The molecule has 0 N–H and O–H groups in total. The molecule has 0 aliphatic carbocycles. The zero-order valence-electron chi connectivity index (χ0n) is 23.4. The van der Waals surface area contributed by atoms with Gasteiger partial charge in [0.25, 0.3) is 0 Å². The number of hydrogen-bond donors (Lipinski definition) is 0. The van der Waals surface area contributed by atoms with Gasteiger partial charge in [-0.2, -0.15) is 0 Å². The predicted octanol–water partition coefficient (Wildman–Crippen LogP) is 9.21. The third-order valence-electron chi connectivity index (χ3n) is 6.49. The summed E-state index contributed by atoms with van der Waals surface area (Å²) in [5, 5.41) is 0. The smallest absolute Gasteiger partial charge is 0.417 e. The normalized spacial score (nSPS) is 19.3. The van der Waals surface area contributed by atoms with E-state index in [9.17, 15) is 9.59 Å². The van der Waals surface area contributed by atoms with Crippen molar-refractivity contribution in [1.29, 1.82) is 0 Å². The first-order valence-electron chi connectivity index (χ1n) is 14.1. The molecule has 0 spiro atoms. The van der Waals surface area contributed by atoms with E-state index < -0.39 is 12.2 Å². The zero-order chi connectivity index (χ0) is 27.4. The van der Waals surface area contributed by atoms with Crippen LogP contribution in [0.15, 0.2) is 103 Å². The number of rotatable bonds is 16. The first-order chi connectivity index (χ1) is 18.6. The molecule has 3 atom stereocenters. The summed E-state index contributed by atoms with van der Waals surface area (Å²) in [6.07, 6.45) is 32.1. The molecular formula is C34H45NO3. The molecule has 1 aliphatic heterocycles. The quantitative estimate of drug-likeness (QED) is 0.206. The molecule has 4 heteroatoms. The van der Waals surface area contributed by atoms with Crippen molar-refractivity contribution in [2.45, 2.75) is 84.3 Å². The Labute approximate surface area is 230 Å². The fourth-order valence-corrected chi connectivity index (χ4v) is 4.27. The molecule has 0 radical (unpaired) electrons. The number of carbonyl (C=O) groups is 2. The molecule has 1 aliphatic rings. The highest BCUT2D eigenvalue weighted by molar-refractivity contribution is 5.95. The van der Waals surface area contributed by atoms with E-state index in [-0.39, 0.29) is 17.9 Å². The fraction of sp³-hybridized carbons (Fsp3) is 0.412.